The van der Waals surface area contributed by atoms with Crippen LogP contribution in [0.5, 0.6) is 5.75 Å². The molecule has 1 fully saturated rings. The highest BCUT2D eigenvalue weighted by Gasteiger charge is 2.35. The van der Waals surface area contributed by atoms with Gasteiger partial charge in [-0.1, -0.05) is 6.92 Å². The number of hydrogen-bond donors (Lipinski definition) is 1. The van der Waals surface area contributed by atoms with Crippen molar-refractivity contribution in [2.75, 3.05) is 20.2 Å². The maximum Gasteiger partial charge on any atom is 0.270 e. The predicted octanol–water partition coefficient (Wildman–Crippen LogP) is 2.61. The number of likely N-dealkylation sites (tertiary alicyclic amines) is 1. The molecule has 154 valence electrons. The van der Waals surface area contributed by atoms with Gasteiger partial charge in [0.05, 0.1) is 19.3 Å². The number of fused-ring (bicyclic) bond motifs is 1. The van der Waals surface area contributed by atoms with Crippen LogP contribution in [0.15, 0.2) is 36.7 Å². The number of methoxy groups -OCH3 is 1. The first-order valence-corrected chi connectivity index (χ1v) is 10.1. The molecule has 7 nitrogen and oxygen atoms in total. The summed E-state index contributed by atoms with van der Waals surface area (Å²) < 4.78 is 9.24. The number of aryl methyl sites for hydroxylation is 2. The zero-order valence-electron chi connectivity index (χ0n) is 17.3. The fourth-order valence-corrected chi connectivity index (χ4v) is 4.22. The van der Waals surface area contributed by atoms with Gasteiger partial charge in [-0.15, -0.1) is 0 Å². The quantitative estimate of drug-likeness (QED) is 0.720. The van der Waals surface area contributed by atoms with Crippen molar-refractivity contribution in [3.63, 3.8) is 0 Å². The van der Waals surface area contributed by atoms with Crippen molar-refractivity contribution in [2.24, 2.45) is 7.05 Å². The minimum absolute atomic E-state index is 0.00148. The molecular weight excluding hydrogens is 368 g/mol. The summed E-state index contributed by atoms with van der Waals surface area (Å²) in [6.07, 6.45) is 5.63. The Hall–Kier alpha value is -2.80. The van der Waals surface area contributed by atoms with Gasteiger partial charge in [0, 0.05) is 49.9 Å². The summed E-state index contributed by atoms with van der Waals surface area (Å²) in [6.45, 7) is 3.66. The Bertz CT molecular complexity index is 1030. The molecule has 1 N–H and O–H groups in total. The summed E-state index contributed by atoms with van der Waals surface area (Å²) in [5.74, 6) is 1.75. The molecule has 1 aliphatic rings. The zero-order chi connectivity index (χ0) is 20.6. The van der Waals surface area contributed by atoms with Crippen molar-refractivity contribution < 1.29 is 14.6 Å². The van der Waals surface area contributed by atoms with E-state index >= 15 is 0 Å². The molecule has 0 aliphatic carbocycles. The summed E-state index contributed by atoms with van der Waals surface area (Å²) >= 11 is 0. The lowest BCUT2D eigenvalue weighted by atomic mass is 9.91. The maximum absolute atomic E-state index is 13.2. The number of carbonyl (C=O) groups is 1. The second kappa shape index (κ2) is 7.55. The second-order valence-electron chi connectivity index (χ2n) is 7.85. The lowest BCUT2D eigenvalue weighted by Gasteiger charge is -2.38. The second-order valence-corrected chi connectivity index (χ2v) is 7.85. The molecule has 0 atom stereocenters. The molecule has 7 heteroatoms. The fraction of sp³-hybridized carbons (Fsp3) is 0.455. The summed E-state index contributed by atoms with van der Waals surface area (Å²) in [5, 5.41) is 12.0. The molecule has 1 aliphatic heterocycles. The number of amides is 1. The Morgan fingerprint density at radius 2 is 2.03 bits per heavy atom. The summed E-state index contributed by atoms with van der Waals surface area (Å²) in [7, 11) is 3.55. The minimum atomic E-state index is -0.812. The highest BCUT2D eigenvalue weighted by Crippen LogP contribution is 2.28. The topological polar surface area (TPSA) is 72.5 Å². The first-order valence-electron chi connectivity index (χ1n) is 10.1. The molecule has 3 aromatic rings. The van der Waals surface area contributed by atoms with Crippen LogP contribution in [0, 0.1) is 0 Å². The number of ether oxygens (including phenoxy) is 1. The van der Waals surface area contributed by atoms with Crippen LogP contribution in [-0.2, 0) is 20.0 Å². The highest BCUT2D eigenvalue weighted by molar-refractivity contribution is 5.99. The molecule has 1 saturated heterocycles. The van der Waals surface area contributed by atoms with Crippen molar-refractivity contribution in [1.82, 2.24) is 19.0 Å². The van der Waals surface area contributed by atoms with E-state index in [0.29, 0.717) is 38.2 Å². The van der Waals surface area contributed by atoms with Crippen molar-refractivity contribution in [1.29, 1.82) is 0 Å². The molecule has 0 unspecified atom stereocenters. The van der Waals surface area contributed by atoms with Crippen LogP contribution in [-0.4, -0.2) is 55.8 Å². The van der Waals surface area contributed by atoms with E-state index in [1.165, 1.54) is 0 Å². The molecule has 0 spiro atoms. The summed E-state index contributed by atoms with van der Waals surface area (Å²) in [5.41, 5.74) is 0.838. The van der Waals surface area contributed by atoms with Crippen molar-refractivity contribution >= 4 is 16.8 Å². The molecule has 4 rings (SSSR count). The molecule has 1 aromatic carbocycles. The Morgan fingerprint density at radius 1 is 1.28 bits per heavy atom. The number of piperidine rings is 1. The molecule has 0 bridgehead atoms. The van der Waals surface area contributed by atoms with Crippen LogP contribution in [0.3, 0.4) is 0 Å². The van der Waals surface area contributed by atoms with Crippen molar-refractivity contribution in [3.8, 4) is 5.75 Å². The number of nitrogens with zero attached hydrogens (tertiary/aromatic N) is 4. The van der Waals surface area contributed by atoms with Gasteiger partial charge < -0.3 is 23.9 Å². The summed E-state index contributed by atoms with van der Waals surface area (Å²) in [6, 6.07) is 7.73. The number of carbonyl (C=O) groups excluding carboxylic acids is 1. The van der Waals surface area contributed by atoms with Gasteiger partial charge >= 0.3 is 0 Å². The van der Waals surface area contributed by atoms with E-state index in [4.69, 9.17) is 4.74 Å². The highest BCUT2D eigenvalue weighted by atomic mass is 16.5. The van der Waals surface area contributed by atoms with Gasteiger partial charge in [0.25, 0.3) is 5.91 Å². The van der Waals surface area contributed by atoms with E-state index in [9.17, 15) is 9.90 Å². The summed E-state index contributed by atoms with van der Waals surface area (Å²) in [4.78, 5) is 19.3. The number of imidazole rings is 1. The number of aliphatic hydroxyl groups is 1. The van der Waals surface area contributed by atoms with Crippen LogP contribution in [0.4, 0.5) is 0 Å². The Kier molecular flexibility index (Phi) is 5.08. The van der Waals surface area contributed by atoms with Crippen LogP contribution in [0.2, 0.25) is 0 Å². The molecule has 0 saturated carbocycles. The van der Waals surface area contributed by atoms with Crippen LogP contribution < -0.4 is 4.74 Å². The number of aromatic nitrogens is 3. The normalized spacial score (nSPS) is 16.3. The predicted molar refractivity (Wildman–Crippen MR) is 111 cm³/mol. The van der Waals surface area contributed by atoms with Crippen LogP contribution >= 0.6 is 0 Å². The zero-order valence-corrected chi connectivity index (χ0v) is 17.3. The molecule has 3 heterocycles. The van der Waals surface area contributed by atoms with Gasteiger partial charge in [-0.3, -0.25) is 4.79 Å². The largest absolute Gasteiger partial charge is 0.497 e. The average Bonchev–Trinajstić information content (AvgIpc) is 3.31. The Morgan fingerprint density at radius 3 is 2.72 bits per heavy atom. The monoisotopic (exact) mass is 396 g/mol. The van der Waals surface area contributed by atoms with E-state index in [0.717, 1.165) is 28.9 Å². The van der Waals surface area contributed by atoms with Gasteiger partial charge in [0.2, 0.25) is 0 Å². The number of rotatable bonds is 5. The third kappa shape index (κ3) is 3.62. The van der Waals surface area contributed by atoms with E-state index in [1.807, 2.05) is 51.5 Å². The maximum atomic E-state index is 13.2. The first-order chi connectivity index (χ1) is 13.9. The third-order valence-corrected chi connectivity index (χ3v) is 6.03. The van der Waals surface area contributed by atoms with E-state index in [-0.39, 0.29) is 5.91 Å². The molecule has 0 radical (unpaired) electrons. The van der Waals surface area contributed by atoms with Gasteiger partial charge in [-0.05, 0) is 37.1 Å². The van der Waals surface area contributed by atoms with E-state index in [2.05, 4.69) is 11.9 Å². The van der Waals surface area contributed by atoms with Crippen LogP contribution in [0.1, 0.15) is 36.1 Å². The van der Waals surface area contributed by atoms with Crippen LogP contribution in [0.25, 0.3) is 10.9 Å². The van der Waals surface area contributed by atoms with Gasteiger partial charge in [0.1, 0.15) is 17.3 Å². The third-order valence-electron chi connectivity index (χ3n) is 6.03. The van der Waals surface area contributed by atoms with Crippen molar-refractivity contribution in [2.45, 2.75) is 38.3 Å². The molecule has 29 heavy (non-hydrogen) atoms. The van der Waals surface area contributed by atoms with Gasteiger partial charge in [-0.2, -0.15) is 0 Å². The van der Waals surface area contributed by atoms with Gasteiger partial charge in [0.15, 0.2) is 0 Å². The molecule has 2 aromatic heterocycles. The van der Waals surface area contributed by atoms with Crippen molar-refractivity contribution in [3.05, 3.63) is 48.2 Å². The Labute approximate surface area is 170 Å². The average molecular weight is 396 g/mol. The number of benzene rings is 1. The van der Waals surface area contributed by atoms with Gasteiger partial charge in [-0.25, -0.2) is 4.98 Å². The van der Waals surface area contributed by atoms with E-state index in [1.54, 1.807) is 13.3 Å². The lowest BCUT2D eigenvalue weighted by molar-refractivity contribution is -0.0298. The minimum Gasteiger partial charge on any atom is -0.497 e. The molecule has 1 amide bonds. The first kappa shape index (κ1) is 19.5. The standard InChI is InChI=1S/C22H28N4O3/c1-4-20-23-9-12-26(20)15-22(28)7-10-25(11-8-22)21(27)19-14-16-13-17(29-3)5-6-18(16)24(19)2/h5-6,9,12-14,28H,4,7-8,10-11,15H2,1-3H3. The van der Waals surface area contributed by atoms with E-state index < -0.39 is 5.60 Å². The fourth-order valence-electron chi connectivity index (χ4n) is 4.22. The SMILES string of the molecule is CCc1nccn1CC1(O)CCN(C(=O)c2cc3cc(OC)ccc3n2C)CC1. The lowest BCUT2D eigenvalue weighted by Crippen LogP contribution is -2.49. The smallest absolute Gasteiger partial charge is 0.270 e. The number of hydrogen-bond acceptors (Lipinski definition) is 4. The Balaban J connectivity index is 1.48. The molecular formula is C22H28N4O3.